The molecule has 0 unspecified atom stereocenters. The fourth-order valence-corrected chi connectivity index (χ4v) is 4.28. The van der Waals surface area contributed by atoms with E-state index in [1.807, 2.05) is 24.3 Å². The normalized spacial score (nSPS) is 10.5. The second-order valence-corrected chi connectivity index (χ2v) is 8.24. The molecule has 0 aliphatic carbocycles. The zero-order valence-electron chi connectivity index (χ0n) is 10.6. The smallest absolute Gasteiger partial charge is 0.234 e. The highest BCUT2D eigenvalue weighted by Crippen LogP contribution is 2.28. The van der Waals surface area contributed by atoms with Crippen molar-refractivity contribution >= 4 is 62.4 Å². The van der Waals surface area contributed by atoms with Crippen LogP contribution in [0, 0.1) is 0 Å². The third-order valence-corrected chi connectivity index (χ3v) is 5.71. The Kier molecular flexibility index (Phi) is 6.34. The Bertz CT molecular complexity index is 574. The molecule has 20 heavy (non-hydrogen) atoms. The molecule has 0 aliphatic rings. The number of carbonyl (C=O) groups is 1. The van der Waals surface area contributed by atoms with Crippen LogP contribution in [-0.2, 0) is 4.79 Å². The van der Waals surface area contributed by atoms with Gasteiger partial charge in [-0.25, -0.2) is 0 Å². The average Bonchev–Trinajstić information content (AvgIpc) is 2.87. The average molecular weight is 390 g/mol. The molecular weight excluding hydrogens is 378 g/mol. The van der Waals surface area contributed by atoms with Gasteiger partial charge in [-0.1, -0.05) is 57.7 Å². The first kappa shape index (κ1) is 15.8. The van der Waals surface area contributed by atoms with Gasteiger partial charge in [-0.2, -0.15) is 0 Å². The number of benzene rings is 1. The van der Waals surface area contributed by atoms with Crippen molar-refractivity contribution in [2.24, 2.45) is 0 Å². The minimum absolute atomic E-state index is 0.0442. The molecule has 106 valence electrons. The van der Waals surface area contributed by atoms with E-state index < -0.39 is 0 Å². The van der Waals surface area contributed by atoms with Crippen molar-refractivity contribution in [1.82, 2.24) is 10.2 Å². The summed E-state index contributed by atoms with van der Waals surface area (Å²) in [4.78, 5) is 11.8. The molecule has 1 amide bonds. The maximum atomic E-state index is 11.8. The van der Waals surface area contributed by atoms with Gasteiger partial charge in [-0.05, 0) is 30.0 Å². The highest BCUT2D eigenvalue weighted by atomic mass is 79.9. The number of carbonyl (C=O) groups excluding carboxylic acids is 1. The van der Waals surface area contributed by atoms with Crippen molar-refractivity contribution in [1.29, 1.82) is 0 Å². The highest BCUT2D eigenvalue weighted by molar-refractivity contribution is 9.10. The molecule has 1 aromatic carbocycles. The first-order valence-corrected chi connectivity index (χ1v) is 9.40. The maximum absolute atomic E-state index is 11.8. The summed E-state index contributed by atoms with van der Waals surface area (Å²) in [6.45, 7) is 2.07. The van der Waals surface area contributed by atoms with Gasteiger partial charge in [0.2, 0.25) is 5.91 Å². The monoisotopic (exact) mass is 389 g/mol. The SMILES string of the molecule is CCSc1nnc(SCC(=O)Nc2ccc(Br)cc2)s1. The predicted molar refractivity (Wildman–Crippen MR) is 89.8 cm³/mol. The lowest BCUT2D eigenvalue weighted by Crippen LogP contribution is -2.13. The van der Waals surface area contributed by atoms with Crippen LogP contribution in [0.1, 0.15) is 6.92 Å². The Balaban J connectivity index is 1.80. The Morgan fingerprint density at radius 1 is 1.25 bits per heavy atom. The van der Waals surface area contributed by atoms with E-state index in [4.69, 9.17) is 0 Å². The third-order valence-electron chi connectivity index (χ3n) is 2.11. The summed E-state index contributed by atoms with van der Waals surface area (Å²) in [7, 11) is 0. The number of rotatable bonds is 6. The lowest BCUT2D eigenvalue weighted by Gasteiger charge is -2.03. The molecule has 0 atom stereocenters. The largest absolute Gasteiger partial charge is 0.325 e. The van der Waals surface area contributed by atoms with Crippen molar-refractivity contribution in [3.63, 3.8) is 0 Å². The number of thioether (sulfide) groups is 2. The number of nitrogens with zero attached hydrogens (tertiary/aromatic N) is 2. The molecule has 4 nitrogen and oxygen atoms in total. The van der Waals surface area contributed by atoms with Crippen molar-refractivity contribution in [2.45, 2.75) is 15.6 Å². The maximum Gasteiger partial charge on any atom is 0.234 e. The molecule has 0 fully saturated rings. The molecule has 0 saturated carbocycles. The van der Waals surface area contributed by atoms with E-state index in [2.05, 4.69) is 38.4 Å². The van der Waals surface area contributed by atoms with E-state index in [0.717, 1.165) is 24.6 Å². The molecule has 2 rings (SSSR count). The fraction of sp³-hybridized carbons (Fsp3) is 0.250. The highest BCUT2D eigenvalue weighted by Gasteiger charge is 2.08. The molecule has 0 saturated heterocycles. The van der Waals surface area contributed by atoms with Gasteiger partial charge in [0.1, 0.15) is 0 Å². The number of hydrogen-bond donors (Lipinski definition) is 1. The number of hydrogen-bond acceptors (Lipinski definition) is 6. The van der Waals surface area contributed by atoms with Crippen LogP contribution in [0.2, 0.25) is 0 Å². The Hall–Kier alpha value is -0.570. The van der Waals surface area contributed by atoms with Crippen molar-refractivity contribution in [2.75, 3.05) is 16.8 Å². The lowest BCUT2D eigenvalue weighted by atomic mass is 10.3. The summed E-state index contributed by atoms with van der Waals surface area (Å²) >= 11 is 7.95. The zero-order chi connectivity index (χ0) is 14.4. The summed E-state index contributed by atoms with van der Waals surface area (Å²) in [6.07, 6.45) is 0. The van der Waals surface area contributed by atoms with Crippen LogP contribution >= 0.6 is 50.8 Å². The van der Waals surface area contributed by atoms with E-state index in [9.17, 15) is 4.79 Å². The standard InChI is InChI=1S/C12H12BrN3OS3/c1-2-18-11-15-16-12(20-11)19-7-10(17)14-9-5-3-8(13)4-6-9/h3-6H,2,7H2,1H3,(H,14,17). The first-order valence-electron chi connectivity index (χ1n) is 5.82. The van der Waals surface area contributed by atoms with Crippen LogP contribution in [0.5, 0.6) is 0 Å². The minimum Gasteiger partial charge on any atom is -0.325 e. The van der Waals surface area contributed by atoms with Gasteiger partial charge in [-0.15, -0.1) is 10.2 Å². The second-order valence-electron chi connectivity index (χ2n) is 3.61. The third kappa shape index (κ3) is 5.08. The van der Waals surface area contributed by atoms with Gasteiger partial charge in [0.25, 0.3) is 0 Å². The molecule has 2 aromatic rings. The minimum atomic E-state index is -0.0442. The number of halogens is 1. The molecule has 0 spiro atoms. The number of nitrogens with one attached hydrogen (secondary N) is 1. The quantitative estimate of drug-likeness (QED) is 0.752. The first-order chi connectivity index (χ1) is 9.67. The molecule has 0 bridgehead atoms. The van der Waals surface area contributed by atoms with Gasteiger partial charge >= 0.3 is 0 Å². The summed E-state index contributed by atoms with van der Waals surface area (Å²) in [5.74, 6) is 1.27. The summed E-state index contributed by atoms with van der Waals surface area (Å²) in [5.41, 5.74) is 0.790. The number of amides is 1. The zero-order valence-corrected chi connectivity index (χ0v) is 14.7. The van der Waals surface area contributed by atoms with Crippen molar-refractivity contribution < 1.29 is 4.79 Å². The van der Waals surface area contributed by atoms with Crippen molar-refractivity contribution in [3.05, 3.63) is 28.7 Å². The van der Waals surface area contributed by atoms with Crippen LogP contribution in [0.3, 0.4) is 0 Å². The van der Waals surface area contributed by atoms with Crippen LogP contribution in [0.25, 0.3) is 0 Å². The fourth-order valence-electron chi connectivity index (χ4n) is 1.29. The molecular formula is C12H12BrN3OS3. The molecule has 8 heteroatoms. The van der Waals surface area contributed by atoms with Gasteiger partial charge in [0.15, 0.2) is 8.68 Å². The molecule has 1 aromatic heterocycles. The van der Waals surface area contributed by atoms with E-state index in [1.54, 1.807) is 11.8 Å². The van der Waals surface area contributed by atoms with Crippen LogP contribution in [-0.4, -0.2) is 27.6 Å². The van der Waals surface area contributed by atoms with Gasteiger partial charge in [0, 0.05) is 10.2 Å². The Labute approximate surface area is 138 Å². The van der Waals surface area contributed by atoms with Gasteiger partial charge < -0.3 is 5.32 Å². The van der Waals surface area contributed by atoms with E-state index in [0.29, 0.717) is 5.75 Å². The predicted octanol–water partition coefficient (Wildman–Crippen LogP) is 4.14. The Morgan fingerprint density at radius 2 is 1.90 bits per heavy atom. The molecule has 1 N–H and O–H groups in total. The number of anilines is 1. The molecule has 0 radical (unpaired) electrons. The Morgan fingerprint density at radius 3 is 2.55 bits per heavy atom. The van der Waals surface area contributed by atoms with Crippen LogP contribution in [0.4, 0.5) is 5.69 Å². The second kappa shape index (κ2) is 8.02. The summed E-state index contributed by atoms with van der Waals surface area (Å²) < 4.78 is 2.76. The van der Waals surface area contributed by atoms with Gasteiger partial charge in [-0.3, -0.25) is 4.79 Å². The van der Waals surface area contributed by atoms with Crippen LogP contribution in [0.15, 0.2) is 37.4 Å². The van der Waals surface area contributed by atoms with E-state index in [1.165, 1.54) is 23.1 Å². The molecule has 0 aliphatic heterocycles. The molecule has 1 heterocycles. The van der Waals surface area contributed by atoms with E-state index >= 15 is 0 Å². The van der Waals surface area contributed by atoms with E-state index in [-0.39, 0.29) is 5.91 Å². The summed E-state index contributed by atoms with van der Waals surface area (Å²) in [5, 5.41) is 10.9. The van der Waals surface area contributed by atoms with Gasteiger partial charge in [0.05, 0.1) is 5.75 Å². The lowest BCUT2D eigenvalue weighted by molar-refractivity contribution is -0.113. The van der Waals surface area contributed by atoms with Crippen LogP contribution < -0.4 is 5.32 Å². The topological polar surface area (TPSA) is 54.9 Å². The number of aromatic nitrogens is 2. The summed E-state index contributed by atoms with van der Waals surface area (Å²) in [6, 6.07) is 7.49. The van der Waals surface area contributed by atoms with Crippen molar-refractivity contribution in [3.8, 4) is 0 Å².